The van der Waals surface area contributed by atoms with Crippen LogP contribution in [0.2, 0.25) is 0 Å². The first-order valence-electron chi connectivity index (χ1n) is 6.54. The van der Waals surface area contributed by atoms with E-state index in [1.54, 1.807) is 31.3 Å². The molecule has 1 atom stereocenters. The highest BCUT2D eigenvalue weighted by Crippen LogP contribution is 2.23. The molecule has 0 saturated carbocycles. The van der Waals surface area contributed by atoms with Crippen molar-refractivity contribution in [3.05, 3.63) is 29.8 Å². The molecule has 0 bridgehead atoms. The Bertz CT molecular complexity index is 587. The minimum Gasteiger partial charge on any atom is -0.481 e. The van der Waals surface area contributed by atoms with Gasteiger partial charge in [-0.2, -0.15) is 0 Å². The SMILES string of the molecule is CN1CCN(c2cccc(C(N)CC(=O)O)c2)C(=O)C1=O. The molecule has 0 aromatic heterocycles. The van der Waals surface area contributed by atoms with E-state index in [0.29, 0.717) is 24.3 Å². The summed E-state index contributed by atoms with van der Waals surface area (Å²) in [6, 6.07) is 6.11. The summed E-state index contributed by atoms with van der Waals surface area (Å²) in [7, 11) is 1.58. The molecule has 1 unspecified atom stereocenters. The zero-order valence-corrected chi connectivity index (χ0v) is 11.7. The molecule has 1 aromatic carbocycles. The molecular weight excluding hydrogens is 274 g/mol. The van der Waals surface area contributed by atoms with Crippen molar-refractivity contribution in [1.29, 1.82) is 0 Å². The molecule has 1 aliphatic rings. The highest BCUT2D eigenvalue weighted by Gasteiger charge is 2.31. The number of carbonyl (C=O) groups is 3. The summed E-state index contributed by atoms with van der Waals surface area (Å²) in [5.41, 5.74) is 6.99. The summed E-state index contributed by atoms with van der Waals surface area (Å²) in [6.45, 7) is 0.856. The molecule has 7 heteroatoms. The Kier molecular flexibility index (Phi) is 4.23. The third-order valence-electron chi connectivity index (χ3n) is 3.44. The minimum absolute atomic E-state index is 0.195. The van der Waals surface area contributed by atoms with Crippen molar-refractivity contribution in [3.8, 4) is 0 Å². The van der Waals surface area contributed by atoms with Gasteiger partial charge in [0, 0.05) is 31.9 Å². The molecule has 2 rings (SSSR count). The summed E-state index contributed by atoms with van der Waals surface area (Å²) in [4.78, 5) is 37.2. The van der Waals surface area contributed by atoms with E-state index in [1.807, 2.05) is 0 Å². The predicted molar refractivity (Wildman–Crippen MR) is 75.6 cm³/mol. The van der Waals surface area contributed by atoms with Crippen LogP contribution in [0.3, 0.4) is 0 Å². The number of rotatable bonds is 4. The van der Waals surface area contributed by atoms with Crippen LogP contribution in [-0.4, -0.2) is 47.9 Å². The number of hydrogen-bond acceptors (Lipinski definition) is 4. The second-order valence-corrected chi connectivity index (χ2v) is 4.98. The predicted octanol–water partition coefficient (Wildman–Crippen LogP) is -0.0339. The Morgan fingerprint density at radius 1 is 1.33 bits per heavy atom. The first-order chi connectivity index (χ1) is 9.90. The monoisotopic (exact) mass is 291 g/mol. The van der Waals surface area contributed by atoms with Gasteiger partial charge in [0.05, 0.1) is 6.42 Å². The van der Waals surface area contributed by atoms with Crippen LogP contribution in [0.15, 0.2) is 24.3 Å². The van der Waals surface area contributed by atoms with Crippen LogP contribution in [0.25, 0.3) is 0 Å². The van der Waals surface area contributed by atoms with Gasteiger partial charge in [0.25, 0.3) is 0 Å². The van der Waals surface area contributed by atoms with Crippen LogP contribution < -0.4 is 10.6 Å². The van der Waals surface area contributed by atoms with Crippen LogP contribution in [-0.2, 0) is 14.4 Å². The Morgan fingerprint density at radius 2 is 2.05 bits per heavy atom. The number of piperazine rings is 1. The lowest BCUT2D eigenvalue weighted by Gasteiger charge is -2.31. The maximum Gasteiger partial charge on any atom is 0.316 e. The molecule has 3 N–H and O–H groups in total. The highest BCUT2D eigenvalue weighted by atomic mass is 16.4. The Morgan fingerprint density at radius 3 is 2.71 bits per heavy atom. The lowest BCUT2D eigenvalue weighted by molar-refractivity contribution is -0.145. The van der Waals surface area contributed by atoms with E-state index < -0.39 is 23.8 Å². The number of likely N-dealkylation sites (N-methyl/N-ethyl adjacent to an activating group) is 1. The van der Waals surface area contributed by atoms with Gasteiger partial charge in [-0.15, -0.1) is 0 Å². The second-order valence-electron chi connectivity index (χ2n) is 4.98. The Balaban J connectivity index is 2.23. The molecule has 112 valence electrons. The van der Waals surface area contributed by atoms with E-state index in [1.165, 1.54) is 9.80 Å². The van der Waals surface area contributed by atoms with Crippen LogP contribution in [0.5, 0.6) is 0 Å². The molecule has 0 aliphatic carbocycles. The van der Waals surface area contributed by atoms with Crippen LogP contribution in [0, 0.1) is 0 Å². The number of benzene rings is 1. The van der Waals surface area contributed by atoms with Gasteiger partial charge in [0.15, 0.2) is 0 Å². The zero-order chi connectivity index (χ0) is 15.6. The summed E-state index contributed by atoms with van der Waals surface area (Å²) in [6.07, 6.45) is -0.195. The number of hydrogen-bond donors (Lipinski definition) is 2. The number of nitrogens with two attached hydrogens (primary N) is 1. The average molecular weight is 291 g/mol. The van der Waals surface area contributed by atoms with Gasteiger partial charge in [-0.3, -0.25) is 14.4 Å². The van der Waals surface area contributed by atoms with E-state index >= 15 is 0 Å². The molecule has 7 nitrogen and oxygen atoms in total. The molecule has 1 aromatic rings. The summed E-state index contributed by atoms with van der Waals surface area (Å²) < 4.78 is 0. The van der Waals surface area contributed by atoms with Gasteiger partial charge < -0.3 is 20.6 Å². The Hall–Kier alpha value is -2.41. The van der Waals surface area contributed by atoms with Crippen molar-refractivity contribution >= 4 is 23.5 Å². The van der Waals surface area contributed by atoms with Gasteiger partial charge in [0.1, 0.15) is 0 Å². The molecule has 1 fully saturated rings. The van der Waals surface area contributed by atoms with Crippen molar-refractivity contribution in [1.82, 2.24) is 4.90 Å². The fourth-order valence-corrected chi connectivity index (χ4v) is 2.21. The first kappa shape index (κ1) is 15.0. The maximum absolute atomic E-state index is 12.0. The van der Waals surface area contributed by atoms with E-state index in [9.17, 15) is 14.4 Å². The van der Waals surface area contributed by atoms with Crippen LogP contribution >= 0.6 is 0 Å². The molecule has 1 heterocycles. The summed E-state index contributed by atoms with van der Waals surface area (Å²) in [5, 5.41) is 8.77. The second kappa shape index (κ2) is 5.92. The molecule has 1 aliphatic heterocycles. The third kappa shape index (κ3) is 3.19. The zero-order valence-electron chi connectivity index (χ0n) is 11.7. The number of anilines is 1. The molecule has 1 saturated heterocycles. The van der Waals surface area contributed by atoms with Crippen molar-refractivity contribution in [3.63, 3.8) is 0 Å². The number of amides is 2. The highest BCUT2D eigenvalue weighted by molar-refractivity contribution is 6.40. The number of carbonyl (C=O) groups excluding carboxylic acids is 2. The summed E-state index contributed by atoms with van der Waals surface area (Å²) in [5.74, 6) is -2.13. The topological polar surface area (TPSA) is 104 Å². The Labute approximate surface area is 121 Å². The van der Waals surface area contributed by atoms with Crippen molar-refractivity contribution in [2.75, 3.05) is 25.0 Å². The van der Waals surface area contributed by atoms with E-state index in [0.717, 1.165) is 0 Å². The molecule has 0 radical (unpaired) electrons. The van der Waals surface area contributed by atoms with E-state index in [2.05, 4.69) is 0 Å². The van der Waals surface area contributed by atoms with Gasteiger partial charge in [0.2, 0.25) is 0 Å². The van der Waals surface area contributed by atoms with Crippen LogP contribution in [0.1, 0.15) is 18.0 Å². The average Bonchev–Trinajstić information content (AvgIpc) is 2.44. The van der Waals surface area contributed by atoms with Crippen molar-refractivity contribution in [2.45, 2.75) is 12.5 Å². The van der Waals surface area contributed by atoms with E-state index in [-0.39, 0.29) is 6.42 Å². The van der Waals surface area contributed by atoms with Gasteiger partial charge >= 0.3 is 17.8 Å². The number of aliphatic carboxylic acids is 1. The first-order valence-corrected chi connectivity index (χ1v) is 6.54. The molecule has 2 amide bonds. The van der Waals surface area contributed by atoms with Crippen LogP contribution in [0.4, 0.5) is 5.69 Å². The number of carboxylic acid groups (broad SMARTS) is 1. The van der Waals surface area contributed by atoms with Crippen molar-refractivity contribution < 1.29 is 19.5 Å². The molecular formula is C14H17N3O4. The van der Waals surface area contributed by atoms with Gasteiger partial charge in [-0.1, -0.05) is 12.1 Å². The van der Waals surface area contributed by atoms with Gasteiger partial charge in [-0.05, 0) is 17.7 Å². The quantitative estimate of drug-likeness (QED) is 0.758. The minimum atomic E-state index is -0.987. The normalized spacial score (nSPS) is 17.0. The lowest BCUT2D eigenvalue weighted by Crippen LogP contribution is -2.53. The standard InChI is InChI=1S/C14H17N3O4/c1-16-5-6-17(14(21)13(16)20)10-4-2-3-9(7-10)11(15)8-12(18)19/h2-4,7,11H,5-6,8,15H2,1H3,(H,18,19). The van der Waals surface area contributed by atoms with E-state index in [4.69, 9.17) is 10.8 Å². The fraction of sp³-hybridized carbons (Fsp3) is 0.357. The maximum atomic E-state index is 12.0. The lowest BCUT2D eigenvalue weighted by atomic mass is 10.0. The number of nitrogens with zero attached hydrogens (tertiary/aromatic N) is 2. The third-order valence-corrected chi connectivity index (χ3v) is 3.44. The smallest absolute Gasteiger partial charge is 0.316 e. The molecule has 0 spiro atoms. The fourth-order valence-electron chi connectivity index (χ4n) is 2.21. The van der Waals surface area contributed by atoms with Crippen molar-refractivity contribution in [2.24, 2.45) is 5.73 Å². The van der Waals surface area contributed by atoms with Gasteiger partial charge in [-0.25, -0.2) is 0 Å². The summed E-state index contributed by atoms with van der Waals surface area (Å²) >= 11 is 0. The number of carboxylic acids is 1. The largest absolute Gasteiger partial charge is 0.481 e. The molecule has 21 heavy (non-hydrogen) atoms.